The number of ether oxygens (including phenoxy) is 1. The minimum Gasteiger partial charge on any atom is -0.384 e. The predicted molar refractivity (Wildman–Crippen MR) is 63.9 cm³/mol. The topological polar surface area (TPSA) is 38.5 Å². The Bertz CT molecular complexity index is 173. The molecule has 15 heavy (non-hydrogen) atoms. The summed E-state index contributed by atoms with van der Waals surface area (Å²) in [5.74, 6) is 0.606. The van der Waals surface area contributed by atoms with Crippen LogP contribution in [0, 0.1) is 5.92 Å². The van der Waals surface area contributed by atoms with Crippen LogP contribution in [0.5, 0.6) is 0 Å². The van der Waals surface area contributed by atoms with Gasteiger partial charge in [0.15, 0.2) is 0 Å². The second-order valence-corrected chi connectivity index (χ2v) is 4.98. The maximum Gasteiger partial charge on any atom is 0.0500 e. The highest BCUT2D eigenvalue weighted by molar-refractivity contribution is 4.83. The Morgan fingerprint density at radius 1 is 1.40 bits per heavy atom. The van der Waals surface area contributed by atoms with Gasteiger partial charge in [-0.25, -0.2) is 0 Å². The van der Waals surface area contributed by atoms with Crippen LogP contribution in [0.3, 0.4) is 0 Å². The van der Waals surface area contributed by atoms with Crippen LogP contribution in [0.4, 0.5) is 0 Å². The molecule has 3 heteroatoms. The standard InChI is InChI=1S/C12H26N2O/c1-10(9-15-3)8-14-7-5-4-6-12(14)11(2)13/h10-12H,4-9,13H2,1-3H3. The molecule has 3 atom stereocenters. The van der Waals surface area contributed by atoms with E-state index in [1.807, 2.05) is 0 Å². The highest BCUT2D eigenvalue weighted by Crippen LogP contribution is 2.20. The van der Waals surface area contributed by atoms with Crippen molar-refractivity contribution in [3.63, 3.8) is 0 Å². The van der Waals surface area contributed by atoms with Crippen LogP contribution in [0.25, 0.3) is 0 Å². The number of nitrogens with zero attached hydrogens (tertiary/aromatic N) is 1. The highest BCUT2D eigenvalue weighted by atomic mass is 16.5. The van der Waals surface area contributed by atoms with E-state index in [4.69, 9.17) is 10.5 Å². The van der Waals surface area contributed by atoms with E-state index in [-0.39, 0.29) is 0 Å². The van der Waals surface area contributed by atoms with Gasteiger partial charge in [-0.3, -0.25) is 4.90 Å². The first-order chi connectivity index (χ1) is 7.15. The van der Waals surface area contributed by atoms with Crippen molar-refractivity contribution >= 4 is 0 Å². The molecule has 1 rings (SSSR count). The van der Waals surface area contributed by atoms with Gasteiger partial charge < -0.3 is 10.5 Å². The van der Waals surface area contributed by atoms with Crippen molar-refractivity contribution in [3.8, 4) is 0 Å². The molecule has 1 heterocycles. The summed E-state index contributed by atoms with van der Waals surface area (Å²) in [5, 5.41) is 0. The molecule has 0 aromatic carbocycles. The van der Waals surface area contributed by atoms with Crippen molar-refractivity contribution in [1.82, 2.24) is 4.90 Å². The zero-order chi connectivity index (χ0) is 11.3. The van der Waals surface area contributed by atoms with E-state index in [2.05, 4.69) is 18.7 Å². The second-order valence-electron chi connectivity index (χ2n) is 4.98. The second kappa shape index (κ2) is 6.46. The van der Waals surface area contributed by atoms with Gasteiger partial charge >= 0.3 is 0 Å². The molecule has 0 aromatic rings. The van der Waals surface area contributed by atoms with E-state index in [0.717, 1.165) is 13.2 Å². The third kappa shape index (κ3) is 4.09. The van der Waals surface area contributed by atoms with E-state index < -0.39 is 0 Å². The van der Waals surface area contributed by atoms with Gasteiger partial charge in [0, 0.05) is 32.3 Å². The average molecular weight is 214 g/mol. The monoisotopic (exact) mass is 214 g/mol. The Morgan fingerprint density at radius 2 is 2.13 bits per heavy atom. The number of likely N-dealkylation sites (tertiary alicyclic amines) is 1. The van der Waals surface area contributed by atoms with Crippen molar-refractivity contribution < 1.29 is 4.74 Å². The third-order valence-electron chi connectivity index (χ3n) is 3.27. The van der Waals surface area contributed by atoms with Crippen LogP contribution >= 0.6 is 0 Å². The third-order valence-corrected chi connectivity index (χ3v) is 3.27. The molecule has 0 saturated carbocycles. The molecule has 0 aromatic heterocycles. The number of piperidine rings is 1. The Kier molecular flexibility index (Phi) is 5.58. The Hall–Kier alpha value is -0.120. The van der Waals surface area contributed by atoms with Crippen molar-refractivity contribution in [2.24, 2.45) is 11.7 Å². The molecule has 0 bridgehead atoms. The maximum atomic E-state index is 6.03. The van der Waals surface area contributed by atoms with E-state index in [1.54, 1.807) is 7.11 Å². The molecule has 1 aliphatic rings. The lowest BCUT2D eigenvalue weighted by atomic mass is 9.96. The summed E-state index contributed by atoms with van der Waals surface area (Å²) >= 11 is 0. The van der Waals surface area contributed by atoms with Gasteiger partial charge in [-0.2, -0.15) is 0 Å². The molecule has 3 nitrogen and oxygen atoms in total. The highest BCUT2D eigenvalue weighted by Gasteiger charge is 2.26. The summed E-state index contributed by atoms with van der Waals surface area (Å²) in [6.45, 7) is 7.56. The number of hydrogen-bond acceptors (Lipinski definition) is 3. The lowest BCUT2D eigenvalue weighted by molar-refractivity contribution is 0.0812. The molecule has 3 unspecified atom stereocenters. The summed E-state index contributed by atoms with van der Waals surface area (Å²) in [5.41, 5.74) is 6.03. The molecule has 1 saturated heterocycles. The van der Waals surface area contributed by atoms with Crippen LogP contribution in [0.1, 0.15) is 33.1 Å². The lowest BCUT2D eigenvalue weighted by Gasteiger charge is -2.39. The Labute approximate surface area is 94.0 Å². The normalized spacial score (nSPS) is 27.6. The van der Waals surface area contributed by atoms with Gasteiger partial charge in [0.2, 0.25) is 0 Å². The molecule has 0 radical (unpaired) electrons. The number of nitrogens with two attached hydrogens (primary N) is 1. The molecule has 1 aliphatic heterocycles. The molecular weight excluding hydrogens is 188 g/mol. The fourth-order valence-electron chi connectivity index (χ4n) is 2.58. The van der Waals surface area contributed by atoms with Gasteiger partial charge in [-0.05, 0) is 32.2 Å². The summed E-state index contributed by atoms with van der Waals surface area (Å²) in [6.07, 6.45) is 3.92. The van der Waals surface area contributed by atoms with Crippen molar-refractivity contribution in [1.29, 1.82) is 0 Å². The van der Waals surface area contributed by atoms with Gasteiger partial charge in [0.05, 0.1) is 0 Å². The smallest absolute Gasteiger partial charge is 0.0500 e. The Morgan fingerprint density at radius 3 is 2.73 bits per heavy atom. The first kappa shape index (κ1) is 12.9. The zero-order valence-corrected chi connectivity index (χ0v) is 10.4. The fraction of sp³-hybridized carbons (Fsp3) is 1.00. The molecule has 90 valence electrons. The van der Waals surface area contributed by atoms with Gasteiger partial charge in [0.25, 0.3) is 0 Å². The van der Waals surface area contributed by atoms with Gasteiger partial charge in [-0.15, -0.1) is 0 Å². The first-order valence-electron chi connectivity index (χ1n) is 6.13. The quantitative estimate of drug-likeness (QED) is 0.753. The zero-order valence-electron chi connectivity index (χ0n) is 10.4. The number of rotatable bonds is 5. The fourth-order valence-corrected chi connectivity index (χ4v) is 2.58. The molecule has 0 spiro atoms. The van der Waals surface area contributed by atoms with Gasteiger partial charge in [-0.1, -0.05) is 13.3 Å². The molecule has 1 fully saturated rings. The average Bonchev–Trinajstić information content (AvgIpc) is 2.18. The van der Waals surface area contributed by atoms with E-state index in [9.17, 15) is 0 Å². The van der Waals surface area contributed by atoms with Crippen molar-refractivity contribution in [3.05, 3.63) is 0 Å². The molecule has 0 aliphatic carbocycles. The largest absolute Gasteiger partial charge is 0.384 e. The Balaban J connectivity index is 2.42. The van der Waals surface area contributed by atoms with Crippen LogP contribution in [0.15, 0.2) is 0 Å². The summed E-state index contributed by atoms with van der Waals surface area (Å²) in [7, 11) is 1.77. The summed E-state index contributed by atoms with van der Waals surface area (Å²) in [4.78, 5) is 2.55. The first-order valence-corrected chi connectivity index (χ1v) is 6.13. The van der Waals surface area contributed by atoms with Crippen LogP contribution < -0.4 is 5.73 Å². The summed E-state index contributed by atoms with van der Waals surface area (Å²) in [6, 6.07) is 0.873. The van der Waals surface area contributed by atoms with E-state index >= 15 is 0 Å². The van der Waals surface area contributed by atoms with Crippen LogP contribution in [-0.4, -0.2) is 43.8 Å². The minimum atomic E-state index is 0.292. The van der Waals surface area contributed by atoms with Gasteiger partial charge in [0.1, 0.15) is 0 Å². The molecule has 2 N–H and O–H groups in total. The van der Waals surface area contributed by atoms with Crippen LogP contribution in [-0.2, 0) is 4.74 Å². The van der Waals surface area contributed by atoms with E-state index in [0.29, 0.717) is 18.0 Å². The number of methoxy groups -OCH3 is 1. The lowest BCUT2D eigenvalue weighted by Crippen LogP contribution is -2.50. The minimum absolute atomic E-state index is 0.292. The maximum absolute atomic E-state index is 6.03. The SMILES string of the molecule is COCC(C)CN1CCCCC1C(C)N. The van der Waals surface area contributed by atoms with Crippen molar-refractivity contribution in [2.75, 3.05) is 26.8 Å². The van der Waals surface area contributed by atoms with Crippen LogP contribution in [0.2, 0.25) is 0 Å². The summed E-state index contributed by atoms with van der Waals surface area (Å²) < 4.78 is 5.18. The molecule has 0 amide bonds. The molecular formula is C12H26N2O. The number of hydrogen-bond donors (Lipinski definition) is 1. The predicted octanol–water partition coefficient (Wildman–Crippen LogP) is 1.47. The van der Waals surface area contributed by atoms with E-state index in [1.165, 1.54) is 25.8 Å². The van der Waals surface area contributed by atoms with Crippen molar-refractivity contribution in [2.45, 2.75) is 45.2 Å².